The predicted octanol–water partition coefficient (Wildman–Crippen LogP) is 3.53. The van der Waals surface area contributed by atoms with Gasteiger partial charge in [-0.25, -0.2) is 18.4 Å². The van der Waals surface area contributed by atoms with Gasteiger partial charge in [-0.05, 0) is 49.9 Å². The monoisotopic (exact) mass is 419 g/mol. The molecule has 1 aromatic heterocycles. The molecule has 0 saturated heterocycles. The molecule has 0 radical (unpaired) electrons. The second-order valence-corrected chi connectivity index (χ2v) is 7.38. The van der Waals surface area contributed by atoms with E-state index in [2.05, 4.69) is 53.1 Å². The zero-order valence-corrected chi connectivity index (χ0v) is 14.5. The molecule has 0 fully saturated rings. The third kappa shape index (κ3) is 3.18. The van der Waals surface area contributed by atoms with Crippen LogP contribution in [0.4, 0.5) is 5.82 Å². The van der Waals surface area contributed by atoms with E-state index in [1.165, 1.54) is 6.20 Å². The van der Waals surface area contributed by atoms with Crippen LogP contribution in [-0.2, 0) is 10.0 Å². The van der Waals surface area contributed by atoms with Gasteiger partial charge in [0, 0.05) is 6.42 Å². The van der Waals surface area contributed by atoms with Gasteiger partial charge in [0.15, 0.2) is 10.4 Å². The minimum Gasteiger partial charge on any atom is -0.261 e. The number of nitrogens with zero attached hydrogens (tertiary/aromatic N) is 2. The fraction of sp³-hybridized carbons (Fsp3) is 0.167. The molecule has 2 rings (SSSR count). The summed E-state index contributed by atoms with van der Waals surface area (Å²) >= 11 is 6.33. The SMILES string of the molecule is C=C1C=CCC(S(=O)(=O)Nc2ncc(Br)nc2Br)=C1C. The Morgan fingerprint density at radius 3 is 2.75 bits per heavy atom. The van der Waals surface area contributed by atoms with Crippen molar-refractivity contribution >= 4 is 47.7 Å². The van der Waals surface area contributed by atoms with E-state index in [1.807, 2.05) is 6.08 Å². The fourth-order valence-electron chi connectivity index (χ4n) is 1.68. The highest BCUT2D eigenvalue weighted by molar-refractivity contribution is 9.11. The molecule has 0 amide bonds. The minimum atomic E-state index is -3.68. The van der Waals surface area contributed by atoms with Crippen molar-refractivity contribution in [3.05, 3.63) is 50.2 Å². The Labute approximate surface area is 134 Å². The van der Waals surface area contributed by atoms with Crippen LogP contribution in [-0.4, -0.2) is 18.4 Å². The molecule has 5 nitrogen and oxygen atoms in total. The van der Waals surface area contributed by atoms with Gasteiger partial charge in [-0.2, -0.15) is 0 Å². The lowest BCUT2D eigenvalue weighted by Crippen LogP contribution is -2.18. The van der Waals surface area contributed by atoms with Crippen LogP contribution in [0.15, 0.2) is 50.2 Å². The van der Waals surface area contributed by atoms with E-state index in [0.29, 0.717) is 31.7 Å². The van der Waals surface area contributed by atoms with Crippen LogP contribution in [0.5, 0.6) is 0 Å². The average molecular weight is 421 g/mol. The largest absolute Gasteiger partial charge is 0.261 e. The molecule has 8 heteroatoms. The molecule has 1 aromatic rings. The molecule has 1 N–H and O–H groups in total. The van der Waals surface area contributed by atoms with Gasteiger partial charge >= 0.3 is 0 Å². The van der Waals surface area contributed by atoms with Gasteiger partial charge in [-0.1, -0.05) is 18.7 Å². The maximum absolute atomic E-state index is 12.4. The first-order valence-electron chi connectivity index (χ1n) is 5.57. The van der Waals surface area contributed by atoms with Crippen molar-refractivity contribution in [3.8, 4) is 0 Å². The lowest BCUT2D eigenvalue weighted by Gasteiger charge is -2.16. The summed E-state index contributed by atoms with van der Waals surface area (Å²) < 4.78 is 28.1. The normalized spacial score (nSPS) is 15.7. The minimum absolute atomic E-state index is 0.147. The summed E-state index contributed by atoms with van der Waals surface area (Å²) in [4.78, 5) is 8.32. The van der Waals surface area contributed by atoms with E-state index in [9.17, 15) is 8.42 Å². The number of allylic oxidation sites excluding steroid dienone is 5. The molecular weight excluding hydrogens is 410 g/mol. The molecule has 0 bridgehead atoms. The summed E-state index contributed by atoms with van der Waals surface area (Å²) in [5.74, 6) is 0.147. The zero-order valence-electron chi connectivity index (χ0n) is 10.5. The molecule has 0 spiro atoms. The van der Waals surface area contributed by atoms with E-state index >= 15 is 0 Å². The lowest BCUT2D eigenvalue weighted by atomic mass is 10.0. The summed E-state index contributed by atoms with van der Waals surface area (Å²) in [6, 6.07) is 0. The van der Waals surface area contributed by atoms with E-state index in [-0.39, 0.29) is 5.82 Å². The lowest BCUT2D eigenvalue weighted by molar-refractivity contribution is 0.605. The second-order valence-electron chi connectivity index (χ2n) is 4.12. The number of aromatic nitrogens is 2. The van der Waals surface area contributed by atoms with Gasteiger partial charge in [0.1, 0.15) is 4.60 Å². The Morgan fingerprint density at radius 2 is 2.10 bits per heavy atom. The molecule has 0 saturated carbocycles. The van der Waals surface area contributed by atoms with Crippen molar-refractivity contribution < 1.29 is 8.42 Å². The van der Waals surface area contributed by atoms with Crippen molar-refractivity contribution in [2.24, 2.45) is 0 Å². The first-order chi connectivity index (χ1) is 9.31. The van der Waals surface area contributed by atoms with Gasteiger partial charge in [0.05, 0.1) is 11.1 Å². The predicted molar refractivity (Wildman–Crippen MR) is 85.6 cm³/mol. The van der Waals surface area contributed by atoms with Crippen LogP contribution in [0, 0.1) is 0 Å². The highest BCUT2D eigenvalue weighted by Crippen LogP contribution is 2.29. The van der Waals surface area contributed by atoms with Crippen LogP contribution in [0.3, 0.4) is 0 Å². The standard InChI is InChI=1S/C12H11Br2N3O2S/c1-7-4-3-5-9(8(7)2)20(18,19)17-12-11(14)16-10(13)6-15-12/h3-4,6H,1,5H2,2H3,(H,15,17). The molecule has 0 aliphatic heterocycles. The van der Waals surface area contributed by atoms with Crippen molar-refractivity contribution in [3.63, 3.8) is 0 Å². The maximum Gasteiger partial charge on any atom is 0.259 e. The fourth-order valence-corrected chi connectivity index (χ4v) is 4.10. The quantitative estimate of drug-likeness (QED) is 0.811. The van der Waals surface area contributed by atoms with Crippen LogP contribution in [0.2, 0.25) is 0 Å². The summed E-state index contributed by atoms with van der Waals surface area (Å²) in [6.45, 7) is 5.55. The third-order valence-electron chi connectivity index (χ3n) is 2.78. The molecule has 1 heterocycles. The summed E-state index contributed by atoms with van der Waals surface area (Å²) in [7, 11) is -3.68. The Morgan fingerprint density at radius 1 is 1.40 bits per heavy atom. The number of anilines is 1. The maximum atomic E-state index is 12.4. The smallest absolute Gasteiger partial charge is 0.259 e. The summed E-state index contributed by atoms with van der Waals surface area (Å²) in [5.41, 5.74) is 1.35. The molecule has 1 aliphatic carbocycles. The first-order valence-corrected chi connectivity index (χ1v) is 8.64. The van der Waals surface area contributed by atoms with E-state index in [4.69, 9.17) is 0 Å². The Balaban J connectivity index is 2.37. The molecular formula is C12H11Br2N3O2S. The van der Waals surface area contributed by atoms with Gasteiger partial charge in [-0.15, -0.1) is 0 Å². The topological polar surface area (TPSA) is 72.0 Å². The van der Waals surface area contributed by atoms with Crippen molar-refractivity contribution in [1.82, 2.24) is 9.97 Å². The molecule has 20 heavy (non-hydrogen) atoms. The first kappa shape index (κ1) is 15.4. The van der Waals surface area contributed by atoms with Crippen molar-refractivity contribution in [2.75, 3.05) is 4.72 Å². The van der Waals surface area contributed by atoms with E-state index < -0.39 is 10.0 Å². The third-order valence-corrected chi connectivity index (χ3v) is 5.30. The highest BCUT2D eigenvalue weighted by Gasteiger charge is 2.23. The van der Waals surface area contributed by atoms with Crippen molar-refractivity contribution in [1.29, 1.82) is 0 Å². The molecule has 0 unspecified atom stereocenters. The van der Waals surface area contributed by atoms with Crippen LogP contribution in [0.1, 0.15) is 13.3 Å². The molecule has 106 valence electrons. The number of rotatable bonds is 3. The van der Waals surface area contributed by atoms with Gasteiger partial charge in [0.25, 0.3) is 10.0 Å². The molecule has 0 atom stereocenters. The molecule has 1 aliphatic rings. The number of hydrogen-bond acceptors (Lipinski definition) is 4. The zero-order chi connectivity index (χ0) is 14.9. The number of hydrogen-bond donors (Lipinski definition) is 1. The average Bonchev–Trinajstić information content (AvgIpc) is 2.36. The summed E-state index contributed by atoms with van der Waals surface area (Å²) in [6.07, 6.45) is 5.33. The van der Waals surface area contributed by atoms with Gasteiger partial charge in [0.2, 0.25) is 0 Å². The molecule has 0 aromatic carbocycles. The highest BCUT2D eigenvalue weighted by atomic mass is 79.9. The Hall–Kier alpha value is -0.990. The van der Waals surface area contributed by atoms with Crippen LogP contribution < -0.4 is 4.72 Å². The van der Waals surface area contributed by atoms with Crippen molar-refractivity contribution in [2.45, 2.75) is 13.3 Å². The Bertz CT molecular complexity index is 739. The number of nitrogens with one attached hydrogen (secondary N) is 1. The second kappa shape index (κ2) is 5.79. The van der Waals surface area contributed by atoms with Crippen LogP contribution >= 0.6 is 31.9 Å². The van der Waals surface area contributed by atoms with Gasteiger partial charge < -0.3 is 0 Å². The Kier molecular flexibility index (Phi) is 4.46. The summed E-state index contributed by atoms with van der Waals surface area (Å²) in [5, 5.41) is 0. The number of sulfonamides is 1. The van der Waals surface area contributed by atoms with Gasteiger partial charge in [-0.3, -0.25) is 4.72 Å². The van der Waals surface area contributed by atoms with E-state index in [0.717, 1.165) is 0 Å². The van der Waals surface area contributed by atoms with Crippen LogP contribution in [0.25, 0.3) is 0 Å². The number of halogens is 2. The van der Waals surface area contributed by atoms with E-state index in [1.54, 1.807) is 13.0 Å².